The van der Waals surface area contributed by atoms with E-state index >= 15 is 0 Å². The van der Waals surface area contributed by atoms with Crippen LogP contribution < -0.4 is 0 Å². The van der Waals surface area contributed by atoms with Crippen molar-refractivity contribution in [2.45, 2.75) is 25.2 Å². The second-order valence-electron chi connectivity index (χ2n) is 3.53. The van der Waals surface area contributed by atoms with Crippen LogP contribution in [0.2, 0.25) is 0 Å². The van der Waals surface area contributed by atoms with Crippen LogP contribution in [0.4, 0.5) is 0 Å². The van der Waals surface area contributed by atoms with Gasteiger partial charge in [0.25, 0.3) is 0 Å². The molecule has 1 aromatic carbocycles. The fourth-order valence-corrected chi connectivity index (χ4v) is 2.25. The van der Waals surface area contributed by atoms with E-state index in [4.69, 9.17) is 0 Å². The number of hydrogen-bond donors (Lipinski definition) is 0. The van der Waals surface area contributed by atoms with Gasteiger partial charge in [0.15, 0.2) is 0 Å². The van der Waals surface area contributed by atoms with Crippen molar-refractivity contribution in [1.29, 1.82) is 0 Å². The van der Waals surface area contributed by atoms with Gasteiger partial charge in [-0.1, -0.05) is 52.3 Å². The summed E-state index contributed by atoms with van der Waals surface area (Å²) < 4.78 is 1.37. The number of allylic oxidation sites excluding steroid dienone is 2. The molecule has 0 aromatic heterocycles. The Kier molecular flexibility index (Phi) is 2.84. The zero-order chi connectivity index (χ0) is 9.10. The molecule has 0 fully saturated rings. The van der Waals surface area contributed by atoms with E-state index in [2.05, 4.69) is 52.3 Å². The Morgan fingerprint density at radius 2 is 1.92 bits per heavy atom. The van der Waals surface area contributed by atoms with Gasteiger partial charge in [-0.2, -0.15) is 0 Å². The summed E-state index contributed by atoms with van der Waals surface area (Å²) in [4.78, 5) is 0. The van der Waals surface area contributed by atoms with Crippen molar-refractivity contribution in [3.63, 3.8) is 0 Å². The van der Waals surface area contributed by atoms with Crippen LogP contribution in [0.25, 0.3) is 0 Å². The summed E-state index contributed by atoms with van der Waals surface area (Å²) in [5, 5.41) is 0. The van der Waals surface area contributed by atoms with Crippen LogP contribution in [-0.2, 0) is 0 Å². The van der Waals surface area contributed by atoms with Gasteiger partial charge in [0.05, 0.1) is 0 Å². The highest BCUT2D eigenvalue weighted by Gasteiger charge is 2.14. The van der Waals surface area contributed by atoms with E-state index in [1.807, 2.05) is 0 Å². The molecule has 0 nitrogen and oxygen atoms in total. The van der Waals surface area contributed by atoms with Crippen LogP contribution in [0.5, 0.6) is 0 Å². The largest absolute Gasteiger partial charge is 0.0738 e. The molecule has 0 spiro atoms. The number of halogens is 1. The molecular formula is C12H13Br. The molecule has 2 rings (SSSR count). The Balaban J connectivity index is 2.12. The van der Waals surface area contributed by atoms with Gasteiger partial charge < -0.3 is 0 Å². The Morgan fingerprint density at radius 1 is 1.15 bits per heavy atom. The zero-order valence-electron chi connectivity index (χ0n) is 7.54. The maximum atomic E-state index is 3.55. The van der Waals surface area contributed by atoms with E-state index in [-0.39, 0.29) is 0 Å². The van der Waals surface area contributed by atoms with Crippen LogP contribution in [0.3, 0.4) is 0 Å². The lowest BCUT2D eigenvalue weighted by Crippen LogP contribution is -2.01. The molecule has 1 aromatic rings. The van der Waals surface area contributed by atoms with Crippen molar-refractivity contribution in [2.24, 2.45) is 0 Å². The van der Waals surface area contributed by atoms with E-state index in [0.717, 1.165) is 5.92 Å². The quantitative estimate of drug-likeness (QED) is 0.685. The van der Waals surface area contributed by atoms with Gasteiger partial charge in [0.2, 0.25) is 0 Å². The molecule has 1 heteroatoms. The lowest BCUT2D eigenvalue weighted by Gasteiger charge is -2.19. The highest BCUT2D eigenvalue weighted by molar-refractivity contribution is 9.11. The molecule has 1 aliphatic carbocycles. The smallest absolute Gasteiger partial charge is 0.00888 e. The van der Waals surface area contributed by atoms with E-state index < -0.39 is 0 Å². The molecule has 0 unspecified atom stereocenters. The maximum Gasteiger partial charge on any atom is -0.00888 e. The molecule has 0 saturated heterocycles. The van der Waals surface area contributed by atoms with Gasteiger partial charge in [-0.05, 0) is 35.2 Å². The van der Waals surface area contributed by atoms with Gasteiger partial charge in [0.1, 0.15) is 0 Å². The van der Waals surface area contributed by atoms with Gasteiger partial charge in [0, 0.05) is 0 Å². The zero-order valence-corrected chi connectivity index (χ0v) is 9.13. The third kappa shape index (κ3) is 2.22. The third-order valence-corrected chi connectivity index (χ3v) is 3.35. The topological polar surface area (TPSA) is 0 Å². The van der Waals surface area contributed by atoms with Crippen LogP contribution in [0, 0.1) is 0 Å². The molecular weight excluding hydrogens is 224 g/mol. The molecule has 0 N–H and O–H groups in total. The summed E-state index contributed by atoms with van der Waals surface area (Å²) in [6, 6.07) is 10.8. The summed E-state index contributed by atoms with van der Waals surface area (Å²) in [6.07, 6.45) is 5.96. The lowest BCUT2D eigenvalue weighted by molar-refractivity contribution is 0.614. The van der Waals surface area contributed by atoms with Gasteiger partial charge >= 0.3 is 0 Å². The Morgan fingerprint density at radius 3 is 2.54 bits per heavy atom. The van der Waals surface area contributed by atoms with Crippen molar-refractivity contribution >= 4 is 15.9 Å². The second kappa shape index (κ2) is 4.10. The Bertz CT molecular complexity index is 300. The minimum Gasteiger partial charge on any atom is -0.0738 e. The summed E-state index contributed by atoms with van der Waals surface area (Å²) in [7, 11) is 0. The van der Waals surface area contributed by atoms with E-state index in [9.17, 15) is 0 Å². The molecule has 1 atom stereocenters. The molecule has 68 valence electrons. The number of benzene rings is 1. The molecule has 1 aliphatic rings. The van der Waals surface area contributed by atoms with Crippen molar-refractivity contribution in [3.05, 3.63) is 46.5 Å². The third-order valence-electron chi connectivity index (χ3n) is 2.63. The fourth-order valence-electron chi connectivity index (χ4n) is 1.83. The molecule has 0 saturated carbocycles. The van der Waals surface area contributed by atoms with Gasteiger partial charge in [-0.15, -0.1) is 0 Å². The van der Waals surface area contributed by atoms with Crippen LogP contribution in [0.1, 0.15) is 30.7 Å². The molecule has 0 radical (unpaired) electrons. The normalized spacial score (nSPS) is 22.5. The summed E-state index contributed by atoms with van der Waals surface area (Å²) in [6.45, 7) is 0. The van der Waals surface area contributed by atoms with Crippen LogP contribution in [-0.4, -0.2) is 0 Å². The molecule has 0 amide bonds. The van der Waals surface area contributed by atoms with Gasteiger partial charge in [-0.3, -0.25) is 0 Å². The van der Waals surface area contributed by atoms with Crippen LogP contribution in [0.15, 0.2) is 40.9 Å². The van der Waals surface area contributed by atoms with E-state index in [0.29, 0.717) is 0 Å². The SMILES string of the molecule is BrC1=CC[C@H](c2ccccc2)CC1. The maximum absolute atomic E-state index is 3.55. The molecule has 0 bridgehead atoms. The average Bonchev–Trinajstić information content (AvgIpc) is 2.20. The van der Waals surface area contributed by atoms with Crippen LogP contribution >= 0.6 is 15.9 Å². The van der Waals surface area contributed by atoms with Gasteiger partial charge in [-0.25, -0.2) is 0 Å². The molecule has 0 heterocycles. The second-order valence-corrected chi connectivity index (χ2v) is 4.55. The Labute approximate surface area is 87.8 Å². The Hall–Kier alpha value is -0.560. The summed E-state index contributed by atoms with van der Waals surface area (Å²) >= 11 is 3.55. The van der Waals surface area contributed by atoms with Crippen molar-refractivity contribution in [2.75, 3.05) is 0 Å². The minimum absolute atomic E-state index is 0.738. The predicted octanol–water partition coefficient (Wildman–Crippen LogP) is 4.23. The number of rotatable bonds is 1. The summed E-state index contributed by atoms with van der Waals surface area (Å²) in [5.41, 5.74) is 1.48. The monoisotopic (exact) mass is 236 g/mol. The standard InChI is InChI=1S/C12H13Br/c13-12-8-6-11(7-9-12)10-4-2-1-3-5-10/h1-5,8,11H,6-7,9H2/t11-/m0/s1. The molecule has 0 aliphatic heterocycles. The first-order valence-corrected chi connectivity index (χ1v) is 5.55. The van der Waals surface area contributed by atoms with Crippen molar-refractivity contribution < 1.29 is 0 Å². The fraction of sp³-hybridized carbons (Fsp3) is 0.333. The van der Waals surface area contributed by atoms with Crippen molar-refractivity contribution in [1.82, 2.24) is 0 Å². The average molecular weight is 237 g/mol. The predicted molar refractivity (Wildman–Crippen MR) is 60.0 cm³/mol. The summed E-state index contributed by atoms with van der Waals surface area (Å²) in [5.74, 6) is 0.738. The lowest BCUT2D eigenvalue weighted by atomic mass is 9.88. The molecule has 13 heavy (non-hydrogen) atoms. The first-order valence-electron chi connectivity index (χ1n) is 4.76. The first-order chi connectivity index (χ1) is 6.36. The highest BCUT2D eigenvalue weighted by Crippen LogP contribution is 2.33. The first kappa shape index (κ1) is 9.01. The highest BCUT2D eigenvalue weighted by atomic mass is 79.9. The minimum atomic E-state index is 0.738. The number of hydrogen-bond acceptors (Lipinski definition) is 0. The van der Waals surface area contributed by atoms with E-state index in [1.54, 1.807) is 0 Å². The van der Waals surface area contributed by atoms with E-state index in [1.165, 1.54) is 29.3 Å². The van der Waals surface area contributed by atoms with Crippen molar-refractivity contribution in [3.8, 4) is 0 Å².